The molecule has 0 saturated carbocycles. The summed E-state index contributed by atoms with van der Waals surface area (Å²) in [7, 11) is 0. The number of hydrogen-bond acceptors (Lipinski definition) is 5. The Morgan fingerprint density at radius 1 is 1.22 bits per heavy atom. The van der Waals surface area contributed by atoms with Crippen LogP contribution in [0.5, 0.6) is 0 Å². The SMILES string of the molecule is CCCCCn1c(=O)c2ccccc2n2c(SCCC(C)(C)C#N)nnc12. The molecule has 0 atom stereocenters. The maximum Gasteiger partial charge on any atom is 0.262 e. The van der Waals surface area contributed by atoms with E-state index in [1.54, 1.807) is 16.3 Å². The second-order valence-electron chi connectivity index (χ2n) is 7.39. The molecule has 7 heteroatoms. The molecule has 1 aromatic carbocycles. The van der Waals surface area contributed by atoms with Crippen LogP contribution < -0.4 is 5.56 Å². The molecule has 0 bridgehead atoms. The zero-order chi connectivity index (χ0) is 19.4. The van der Waals surface area contributed by atoms with E-state index in [0.29, 0.717) is 17.7 Å². The van der Waals surface area contributed by atoms with Crippen molar-refractivity contribution in [2.75, 3.05) is 5.75 Å². The summed E-state index contributed by atoms with van der Waals surface area (Å²) >= 11 is 1.58. The number of fused-ring (bicyclic) bond motifs is 3. The lowest BCUT2D eigenvalue weighted by molar-refractivity contribution is 0.482. The van der Waals surface area contributed by atoms with Crippen molar-refractivity contribution >= 4 is 28.4 Å². The van der Waals surface area contributed by atoms with Gasteiger partial charge in [-0.2, -0.15) is 5.26 Å². The van der Waals surface area contributed by atoms with Crippen LogP contribution in [0.4, 0.5) is 0 Å². The van der Waals surface area contributed by atoms with Gasteiger partial charge in [0.25, 0.3) is 5.56 Å². The fourth-order valence-corrected chi connectivity index (χ4v) is 4.20. The third kappa shape index (κ3) is 4.01. The highest BCUT2D eigenvalue weighted by molar-refractivity contribution is 7.99. The Morgan fingerprint density at radius 2 is 2.00 bits per heavy atom. The standard InChI is InChI=1S/C20H25N5OS/c1-4-5-8-12-24-17(26)15-9-6-7-10-16(15)25-18(24)22-23-19(25)27-13-11-20(2,3)14-21/h6-7,9-10H,4-5,8,11-13H2,1-3H3. The fourth-order valence-electron chi connectivity index (χ4n) is 3.00. The van der Waals surface area contributed by atoms with Gasteiger partial charge in [0.15, 0.2) is 5.16 Å². The number of benzene rings is 1. The second-order valence-corrected chi connectivity index (χ2v) is 8.46. The van der Waals surface area contributed by atoms with Crippen LogP contribution in [0, 0.1) is 16.7 Å². The zero-order valence-corrected chi connectivity index (χ0v) is 16.9. The van der Waals surface area contributed by atoms with E-state index in [9.17, 15) is 10.1 Å². The molecule has 0 aliphatic carbocycles. The van der Waals surface area contributed by atoms with Crippen molar-refractivity contribution in [2.24, 2.45) is 5.41 Å². The molecule has 0 radical (unpaired) electrons. The van der Waals surface area contributed by atoms with E-state index in [1.165, 1.54) is 0 Å². The predicted molar refractivity (Wildman–Crippen MR) is 109 cm³/mol. The first-order valence-corrected chi connectivity index (χ1v) is 10.4. The Labute approximate surface area is 163 Å². The summed E-state index contributed by atoms with van der Waals surface area (Å²) in [5.74, 6) is 1.36. The lowest BCUT2D eigenvalue weighted by atomic mass is 9.93. The van der Waals surface area contributed by atoms with Gasteiger partial charge in [-0.05, 0) is 38.8 Å². The van der Waals surface area contributed by atoms with Crippen LogP contribution in [-0.4, -0.2) is 24.9 Å². The lowest BCUT2D eigenvalue weighted by Gasteiger charge is -2.14. The van der Waals surface area contributed by atoms with Crippen molar-refractivity contribution in [1.29, 1.82) is 5.26 Å². The minimum atomic E-state index is -0.363. The first kappa shape index (κ1) is 19.4. The number of thioether (sulfide) groups is 1. The summed E-state index contributed by atoms with van der Waals surface area (Å²) in [6.45, 7) is 6.67. The average molecular weight is 384 g/mol. The Kier molecular flexibility index (Phi) is 5.85. The molecule has 2 aromatic heterocycles. The van der Waals surface area contributed by atoms with Crippen LogP contribution in [0.3, 0.4) is 0 Å². The van der Waals surface area contributed by atoms with Crippen LogP contribution >= 0.6 is 11.8 Å². The van der Waals surface area contributed by atoms with E-state index in [2.05, 4.69) is 23.2 Å². The number of rotatable bonds is 8. The van der Waals surface area contributed by atoms with Crippen LogP contribution in [0.15, 0.2) is 34.2 Å². The highest BCUT2D eigenvalue weighted by atomic mass is 32.2. The van der Waals surface area contributed by atoms with Gasteiger partial charge in [0.05, 0.1) is 22.4 Å². The molecule has 0 spiro atoms. The van der Waals surface area contributed by atoms with E-state index < -0.39 is 0 Å². The van der Waals surface area contributed by atoms with Gasteiger partial charge in [-0.15, -0.1) is 10.2 Å². The fraction of sp³-hybridized carbons (Fsp3) is 0.500. The number of nitrogens with zero attached hydrogens (tertiary/aromatic N) is 5. The van der Waals surface area contributed by atoms with Crippen molar-refractivity contribution in [3.8, 4) is 6.07 Å². The summed E-state index contributed by atoms with van der Waals surface area (Å²) < 4.78 is 3.72. The number of hydrogen-bond donors (Lipinski definition) is 0. The van der Waals surface area contributed by atoms with Gasteiger partial charge in [-0.1, -0.05) is 43.7 Å². The second kappa shape index (κ2) is 8.13. The van der Waals surface area contributed by atoms with E-state index >= 15 is 0 Å². The molecule has 6 nitrogen and oxygen atoms in total. The summed E-state index contributed by atoms with van der Waals surface area (Å²) in [6, 6.07) is 9.94. The lowest BCUT2D eigenvalue weighted by Crippen LogP contribution is -2.23. The molecule has 0 amide bonds. The molecule has 3 aromatic rings. The highest BCUT2D eigenvalue weighted by Crippen LogP contribution is 2.26. The third-order valence-corrected chi connectivity index (χ3v) is 5.66. The topological polar surface area (TPSA) is 76.0 Å². The van der Waals surface area contributed by atoms with Gasteiger partial charge in [0.1, 0.15) is 0 Å². The molecule has 0 fully saturated rings. The Balaban J connectivity index is 2.04. The average Bonchev–Trinajstić information content (AvgIpc) is 3.08. The summed E-state index contributed by atoms with van der Waals surface area (Å²) in [6.07, 6.45) is 3.87. The maximum atomic E-state index is 13.0. The number of para-hydroxylation sites is 1. The number of unbranched alkanes of at least 4 members (excludes halogenated alkanes) is 2. The van der Waals surface area contributed by atoms with Crippen molar-refractivity contribution in [3.63, 3.8) is 0 Å². The molecule has 27 heavy (non-hydrogen) atoms. The van der Waals surface area contributed by atoms with Crippen LogP contribution in [0.1, 0.15) is 46.5 Å². The largest absolute Gasteiger partial charge is 0.276 e. The Morgan fingerprint density at radius 3 is 2.74 bits per heavy atom. The van der Waals surface area contributed by atoms with Crippen LogP contribution in [0.2, 0.25) is 0 Å². The van der Waals surface area contributed by atoms with E-state index in [0.717, 1.165) is 42.1 Å². The monoisotopic (exact) mass is 383 g/mol. The summed E-state index contributed by atoms with van der Waals surface area (Å²) in [5, 5.41) is 19.3. The molecule has 0 N–H and O–H groups in total. The molecule has 0 aliphatic heterocycles. The molecule has 0 unspecified atom stereocenters. The smallest absolute Gasteiger partial charge is 0.262 e. The van der Waals surface area contributed by atoms with Gasteiger partial charge in [-0.25, -0.2) is 0 Å². The van der Waals surface area contributed by atoms with Crippen LogP contribution in [-0.2, 0) is 6.54 Å². The first-order chi connectivity index (χ1) is 13.0. The normalized spacial score (nSPS) is 11.9. The van der Waals surface area contributed by atoms with Gasteiger partial charge in [-0.3, -0.25) is 13.8 Å². The number of aryl methyl sites for hydroxylation is 1. The maximum absolute atomic E-state index is 13.0. The molecular formula is C20H25N5OS. The molecule has 0 saturated heterocycles. The van der Waals surface area contributed by atoms with E-state index in [4.69, 9.17) is 0 Å². The molecule has 142 valence electrons. The van der Waals surface area contributed by atoms with Crippen molar-refractivity contribution in [3.05, 3.63) is 34.6 Å². The van der Waals surface area contributed by atoms with Crippen molar-refractivity contribution in [2.45, 2.75) is 58.2 Å². The van der Waals surface area contributed by atoms with Crippen molar-refractivity contribution in [1.82, 2.24) is 19.2 Å². The zero-order valence-electron chi connectivity index (χ0n) is 16.1. The van der Waals surface area contributed by atoms with E-state index in [1.807, 2.05) is 42.5 Å². The molecular weight excluding hydrogens is 358 g/mol. The quantitative estimate of drug-likeness (QED) is 0.429. The predicted octanol–water partition coefficient (Wildman–Crippen LogP) is 4.27. The summed E-state index contributed by atoms with van der Waals surface area (Å²) in [4.78, 5) is 13.0. The highest BCUT2D eigenvalue weighted by Gasteiger charge is 2.19. The Bertz CT molecular complexity index is 1040. The molecule has 3 rings (SSSR count). The Hall–Kier alpha value is -2.33. The van der Waals surface area contributed by atoms with Crippen LogP contribution in [0.25, 0.3) is 16.7 Å². The minimum Gasteiger partial charge on any atom is -0.276 e. The van der Waals surface area contributed by atoms with E-state index in [-0.39, 0.29) is 11.0 Å². The van der Waals surface area contributed by atoms with Gasteiger partial charge < -0.3 is 0 Å². The number of nitriles is 1. The van der Waals surface area contributed by atoms with Gasteiger partial charge in [0.2, 0.25) is 5.78 Å². The van der Waals surface area contributed by atoms with Gasteiger partial charge in [0, 0.05) is 12.3 Å². The minimum absolute atomic E-state index is 0.0104. The number of aromatic nitrogens is 4. The van der Waals surface area contributed by atoms with Crippen molar-refractivity contribution < 1.29 is 0 Å². The third-order valence-electron chi connectivity index (χ3n) is 4.72. The molecule has 0 aliphatic rings. The van der Waals surface area contributed by atoms with Gasteiger partial charge >= 0.3 is 0 Å². The molecule has 2 heterocycles. The summed E-state index contributed by atoms with van der Waals surface area (Å²) in [5.41, 5.74) is 0.456. The first-order valence-electron chi connectivity index (χ1n) is 9.39.